The first-order chi connectivity index (χ1) is 7.24. The second-order valence-corrected chi connectivity index (χ2v) is 4.71. The maximum atomic E-state index is 9.94. The molecule has 0 bridgehead atoms. The van der Waals surface area contributed by atoms with Crippen molar-refractivity contribution in [3.8, 4) is 5.75 Å². The Morgan fingerprint density at radius 2 is 2.47 bits per heavy atom. The number of aryl methyl sites for hydroxylation is 1. The molecule has 5 heteroatoms. The average molecular weight is 226 g/mol. The lowest BCUT2D eigenvalue weighted by atomic mass is 10.1. The summed E-state index contributed by atoms with van der Waals surface area (Å²) in [7, 11) is 0. The van der Waals surface area contributed by atoms with E-state index in [2.05, 4.69) is 10.3 Å². The monoisotopic (exact) mass is 226 g/mol. The van der Waals surface area contributed by atoms with Gasteiger partial charge in [0.15, 0.2) is 0 Å². The first-order valence-corrected chi connectivity index (χ1v) is 5.92. The molecule has 15 heavy (non-hydrogen) atoms. The number of pyridine rings is 1. The summed E-state index contributed by atoms with van der Waals surface area (Å²) in [5.74, 6) is 1.23. The molecule has 1 atom stereocenters. The molecule has 0 aromatic carbocycles. The normalized spacial score (nSPS) is 20.8. The van der Waals surface area contributed by atoms with Gasteiger partial charge in [-0.3, -0.25) is 4.98 Å². The van der Waals surface area contributed by atoms with Crippen LogP contribution in [0.3, 0.4) is 0 Å². The molecule has 82 valence electrons. The fourth-order valence-electron chi connectivity index (χ4n) is 1.68. The van der Waals surface area contributed by atoms with Crippen LogP contribution in [0, 0.1) is 6.92 Å². The lowest BCUT2D eigenvalue weighted by Gasteiger charge is -2.16. The summed E-state index contributed by atoms with van der Waals surface area (Å²) in [6, 6.07) is 0. The highest BCUT2D eigenvalue weighted by molar-refractivity contribution is 7.99. The van der Waals surface area contributed by atoms with E-state index in [1.807, 2.05) is 0 Å². The highest BCUT2D eigenvalue weighted by atomic mass is 32.2. The highest BCUT2D eigenvalue weighted by Crippen LogP contribution is 2.38. The minimum Gasteiger partial charge on any atom is -0.506 e. The number of aliphatic hydroxyl groups is 1. The predicted octanol–water partition coefficient (Wildman–Crippen LogP) is 0.923. The van der Waals surface area contributed by atoms with Crippen LogP contribution in [0.4, 0.5) is 0 Å². The molecule has 4 nitrogen and oxygen atoms in total. The standard InChI is InChI=1S/C10H14N2O2S/c1-6-9(14)8(7(5-13)4-12-6)10-11-2-3-15-10/h4,10-11,13-14H,2-3,5H2,1H3/t10-/m1/s1. The van der Waals surface area contributed by atoms with E-state index >= 15 is 0 Å². The van der Waals surface area contributed by atoms with E-state index in [-0.39, 0.29) is 17.7 Å². The molecule has 0 radical (unpaired) electrons. The van der Waals surface area contributed by atoms with E-state index in [4.69, 9.17) is 0 Å². The zero-order valence-corrected chi connectivity index (χ0v) is 9.34. The molecule has 1 saturated heterocycles. The average Bonchev–Trinajstić information content (AvgIpc) is 2.75. The maximum Gasteiger partial charge on any atom is 0.142 e. The van der Waals surface area contributed by atoms with Gasteiger partial charge in [-0.2, -0.15) is 0 Å². The van der Waals surface area contributed by atoms with Gasteiger partial charge in [-0.15, -0.1) is 11.8 Å². The predicted molar refractivity (Wildman–Crippen MR) is 59.8 cm³/mol. The molecule has 1 aromatic rings. The van der Waals surface area contributed by atoms with E-state index in [1.54, 1.807) is 24.9 Å². The van der Waals surface area contributed by atoms with Gasteiger partial charge in [0.1, 0.15) is 5.75 Å². The van der Waals surface area contributed by atoms with Crippen molar-refractivity contribution in [1.82, 2.24) is 10.3 Å². The SMILES string of the molecule is Cc1ncc(CO)c([C@@H]2NCCS2)c1O. The number of rotatable bonds is 2. The number of aliphatic hydroxyl groups excluding tert-OH is 1. The fourth-order valence-corrected chi connectivity index (χ4v) is 2.82. The summed E-state index contributed by atoms with van der Waals surface area (Å²) in [6.07, 6.45) is 1.63. The van der Waals surface area contributed by atoms with Gasteiger partial charge in [0.25, 0.3) is 0 Å². The Balaban J connectivity index is 2.45. The molecule has 0 aliphatic carbocycles. The summed E-state index contributed by atoms with van der Waals surface area (Å²) in [5.41, 5.74) is 2.09. The van der Waals surface area contributed by atoms with E-state index < -0.39 is 0 Å². The molecule has 1 fully saturated rings. The zero-order valence-electron chi connectivity index (χ0n) is 8.53. The van der Waals surface area contributed by atoms with Gasteiger partial charge in [0.05, 0.1) is 17.7 Å². The molecule has 2 heterocycles. The van der Waals surface area contributed by atoms with E-state index in [9.17, 15) is 10.2 Å². The Kier molecular flexibility index (Phi) is 3.14. The van der Waals surface area contributed by atoms with Crippen LogP contribution in [0.5, 0.6) is 5.75 Å². The summed E-state index contributed by atoms with van der Waals surface area (Å²) in [5, 5.41) is 22.5. The number of thioether (sulfide) groups is 1. The van der Waals surface area contributed by atoms with Crippen LogP contribution in [0.15, 0.2) is 6.20 Å². The molecule has 1 aliphatic rings. The summed E-state index contributed by atoms with van der Waals surface area (Å²) >= 11 is 1.74. The molecule has 0 saturated carbocycles. The van der Waals surface area contributed by atoms with Crippen molar-refractivity contribution >= 4 is 11.8 Å². The molecule has 0 amide bonds. The first-order valence-electron chi connectivity index (χ1n) is 4.87. The number of nitrogens with one attached hydrogen (secondary N) is 1. The Morgan fingerprint density at radius 3 is 3.07 bits per heavy atom. The van der Waals surface area contributed by atoms with E-state index in [1.165, 1.54) is 0 Å². The van der Waals surface area contributed by atoms with Gasteiger partial charge in [-0.05, 0) is 6.92 Å². The Hall–Kier alpha value is -0.780. The Labute approximate surface area is 92.7 Å². The van der Waals surface area contributed by atoms with Gasteiger partial charge in [-0.1, -0.05) is 0 Å². The van der Waals surface area contributed by atoms with Crippen LogP contribution < -0.4 is 5.32 Å². The lowest BCUT2D eigenvalue weighted by molar-refractivity contribution is 0.278. The van der Waals surface area contributed by atoms with Gasteiger partial charge in [0.2, 0.25) is 0 Å². The minimum atomic E-state index is -0.0884. The second-order valence-electron chi connectivity index (χ2n) is 3.49. The molecular weight excluding hydrogens is 212 g/mol. The zero-order chi connectivity index (χ0) is 10.8. The maximum absolute atomic E-state index is 9.94. The number of aromatic nitrogens is 1. The van der Waals surface area contributed by atoms with Crippen molar-refractivity contribution in [2.45, 2.75) is 18.9 Å². The number of hydrogen-bond donors (Lipinski definition) is 3. The third-order valence-electron chi connectivity index (χ3n) is 2.51. The van der Waals surface area contributed by atoms with Crippen LogP contribution in [0.2, 0.25) is 0 Å². The largest absolute Gasteiger partial charge is 0.506 e. The number of hydrogen-bond acceptors (Lipinski definition) is 5. The lowest BCUT2D eigenvalue weighted by Crippen LogP contribution is -2.14. The molecule has 2 rings (SSSR count). The van der Waals surface area contributed by atoms with Crippen LogP contribution >= 0.6 is 11.8 Å². The van der Waals surface area contributed by atoms with Crippen molar-refractivity contribution in [2.75, 3.05) is 12.3 Å². The summed E-state index contributed by atoms with van der Waals surface area (Å²) in [4.78, 5) is 4.03. The molecule has 1 aromatic heterocycles. The van der Waals surface area contributed by atoms with Crippen molar-refractivity contribution < 1.29 is 10.2 Å². The fraction of sp³-hybridized carbons (Fsp3) is 0.500. The Morgan fingerprint density at radius 1 is 1.67 bits per heavy atom. The quantitative estimate of drug-likeness (QED) is 0.700. The van der Waals surface area contributed by atoms with Crippen LogP contribution in [-0.4, -0.2) is 27.5 Å². The molecule has 1 aliphatic heterocycles. The second kappa shape index (κ2) is 4.38. The van der Waals surface area contributed by atoms with Crippen LogP contribution in [0.25, 0.3) is 0 Å². The van der Waals surface area contributed by atoms with Crippen LogP contribution in [0.1, 0.15) is 22.2 Å². The van der Waals surface area contributed by atoms with Crippen molar-refractivity contribution in [3.63, 3.8) is 0 Å². The highest BCUT2D eigenvalue weighted by Gasteiger charge is 2.24. The summed E-state index contributed by atoms with van der Waals surface area (Å²) < 4.78 is 0. The minimum absolute atomic E-state index is 0.0776. The molecule has 0 unspecified atom stereocenters. The van der Waals surface area contributed by atoms with Gasteiger partial charge < -0.3 is 15.5 Å². The van der Waals surface area contributed by atoms with Gasteiger partial charge in [0, 0.05) is 29.6 Å². The van der Waals surface area contributed by atoms with Crippen molar-refractivity contribution in [3.05, 3.63) is 23.0 Å². The number of nitrogens with zero attached hydrogens (tertiary/aromatic N) is 1. The Bertz CT molecular complexity index is 365. The van der Waals surface area contributed by atoms with E-state index in [0.717, 1.165) is 17.9 Å². The molecule has 3 N–H and O–H groups in total. The molecular formula is C10H14N2O2S. The topological polar surface area (TPSA) is 65.4 Å². The smallest absolute Gasteiger partial charge is 0.142 e. The van der Waals surface area contributed by atoms with Gasteiger partial charge >= 0.3 is 0 Å². The van der Waals surface area contributed by atoms with Crippen molar-refractivity contribution in [2.24, 2.45) is 0 Å². The number of aromatic hydroxyl groups is 1. The first kappa shape index (κ1) is 10.7. The summed E-state index contributed by atoms with van der Waals surface area (Å²) in [6.45, 7) is 2.61. The molecule has 0 spiro atoms. The van der Waals surface area contributed by atoms with E-state index in [0.29, 0.717) is 11.3 Å². The van der Waals surface area contributed by atoms with Crippen LogP contribution in [-0.2, 0) is 6.61 Å². The third kappa shape index (κ3) is 1.95. The third-order valence-corrected chi connectivity index (χ3v) is 3.68. The van der Waals surface area contributed by atoms with Gasteiger partial charge in [-0.25, -0.2) is 0 Å². The van der Waals surface area contributed by atoms with Crippen molar-refractivity contribution in [1.29, 1.82) is 0 Å².